The van der Waals surface area contributed by atoms with Crippen molar-refractivity contribution in [3.63, 3.8) is 0 Å². The molecule has 1 saturated heterocycles. The lowest BCUT2D eigenvalue weighted by Crippen LogP contribution is -2.24. The van der Waals surface area contributed by atoms with Crippen LogP contribution in [0.4, 0.5) is 23.7 Å². The predicted octanol–water partition coefficient (Wildman–Crippen LogP) is 2.14. The van der Waals surface area contributed by atoms with E-state index in [4.69, 9.17) is 4.74 Å². The van der Waals surface area contributed by atoms with Crippen molar-refractivity contribution in [3.05, 3.63) is 29.8 Å². The molecule has 0 spiro atoms. The Balaban J connectivity index is 1.96. The molecule has 0 saturated carbocycles. The molecule has 0 radical (unpaired) electrons. The maximum atomic E-state index is 12.5. The number of carbonyl (C=O) groups excluding carboxylic acids is 2. The van der Waals surface area contributed by atoms with Crippen LogP contribution in [0.15, 0.2) is 24.3 Å². The third-order valence-corrected chi connectivity index (χ3v) is 2.65. The van der Waals surface area contributed by atoms with E-state index in [1.165, 1.54) is 12.1 Å². The van der Waals surface area contributed by atoms with Gasteiger partial charge in [0.05, 0.1) is 18.5 Å². The first-order valence-corrected chi connectivity index (χ1v) is 5.76. The van der Waals surface area contributed by atoms with Gasteiger partial charge in [0.25, 0.3) is 0 Å². The van der Waals surface area contributed by atoms with E-state index >= 15 is 0 Å². The predicted molar refractivity (Wildman–Crippen MR) is 63.0 cm³/mol. The molecule has 1 aromatic rings. The summed E-state index contributed by atoms with van der Waals surface area (Å²) in [5.74, 6) is -0.234. The SMILES string of the molecule is O=C1CC(OC(=O)Nc2cccc(C(F)(F)F)c2)CN1. The summed E-state index contributed by atoms with van der Waals surface area (Å²) in [7, 11) is 0. The summed E-state index contributed by atoms with van der Waals surface area (Å²) in [6.07, 6.45) is -5.93. The summed E-state index contributed by atoms with van der Waals surface area (Å²) in [5.41, 5.74) is -0.893. The molecule has 2 amide bonds. The molecule has 1 fully saturated rings. The second-order valence-corrected chi connectivity index (χ2v) is 4.24. The monoisotopic (exact) mass is 288 g/mol. The van der Waals surface area contributed by atoms with Gasteiger partial charge in [-0.3, -0.25) is 10.1 Å². The zero-order valence-corrected chi connectivity index (χ0v) is 10.2. The highest BCUT2D eigenvalue weighted by Gasteiger charge is 2.30. The van der Waals surface area contributed by atoms with Gasteiger partial charge < -0.3 is 10.1 Å². The highest BCUT2D eigenvalue weighted by molar-refractivity contribution is 5.85. The Kier molecular flexibility index (Phi) is 3.82. The van der Waals surface area contributed by atoms with E-state index in [9.17, 15) is 22.8 Å². The van der Waals surface area contributed by atoms with Crippen LogP contribution in [0.25, 0.3) is 0 Å². The lowest BCUT2D eigenvalue weighted by Gasteiger charge is -2.12. The first-order chi connectivity index (χ1) is 9.34. The third kappa shape index (κ3) is 3.62. The van der Waals surface area contributed by atoms with Gasteiger partial charge in [-0.1, -0.05) is 6.07 Å². The molecule has 20 heavy (non-hydrogen) atoms. The van der Waals surface area contributed by atoms with Crippen molar-refractivity contribution in [2.75, 3.05) is 11.9 Å². The van der Waals surface area contributed by atoms with E-state index < -0.39 is 23.9 Å². The van der Waals surface area contributed by atoms with Crippen LogP contribution < -0.4 is 10.6 Å². The zero-order chi connectivity index (χ0) is 14.8. The Hall–Kier alpha value is -2.25. The first kappa shape index (κ1) is 14.2. The third-order valence-electron chi connectivity index (χ3n) is 2.65. The van der Waals surface area contributed by atoms with E-state index in [2.05, 4.69) is 10.6 Å². The minimum atomic E-state index is -4.48. The van der Waals surface area contributed by atoms with Crippen LogP contribution in [-0.4, -0.2) is 24.6 Å². The fourth-order valence-corrected chi connectivity index (χ4v) is 1.73. The van der Waals surface area contributed by atoms with Gasteiger partial charge in [-0.25, -0.2) is 4.79 Å². The lowest BCUT2D eigenvalue weighted by molar-refractivity contribution is -0.137. The molecule has 8 heteroatoms. The number of carbonyl (C=O) groups is 2. The van der Waals surface area contributed by atoms with Crippen molar-refractivity contribution in [1.82, 2.24) is 5.32 Å². The fourth-order valence-electron chi connectivity index (χ4n) is 1.73. The summed E-state index contributed by atoms with van der Waals surface area (Å²) in [4.78, 5) is 22.4. The summed E-state index contributed by atoms with van der Waals surface area (Å²) >= 11 is 0. The Bertz CT molecular complexity index is 531. The van der Waals surface area contributed by atoms with Gasteiger partial charge in [0.2, 0.25) is 5.91 Å². The maximum Gasteiger partial charge on any atom is 0.416 e. The maximum absolute atomic E-state index is 12.5. The van der Waals surface area contributed by atoms with Gasteiger partial charge in [-0.05, 0) is 18.2 Å². The Morgan fingerprint density at radius 1 is 1.40 bits per heavy atom. The second-order valence-electron chi connectivity index (χ2n) is 4.24. The molecule has 1 unspecified atom stereocenters. The molecule has 1 heterocycles. The number of nitrogens with one attached hydrogen (secondary N) is 2. The molecule has 1 aliphatic heterocycles. The van der Waals surface area contributed by atoms with E-state index in [1.807, 2.05) is 0 Å². The molecule has 0 aliphatic carbocycles. The lowest BCUT2D eigenvalue weighted by atomic mass is 10.2. The number of anilines is 1. The van der Waals surface area contributed by atoms with Crippen molar-refractivity contribution >= 4 is 17.7 Å². The van der Waals surface area contributed by atoms with E-state index in [1.54, 1.807) is 0 Å². The average molecular weight is 288 g/mol. The Labute approximate surface area is 112 Å². The molecule has 2 N–H and O–H groups in total. The molecule has 1 aliphatic rings. The van der Waals surface area contributed by atoms with Crippen molar-refractivity contribution in [1.29, 1.82) is 0 Å². The minimum Gasteiger partial charge on any atom is -0.444 e. The van der Waals surface area contributed by atoms with Gasteiger partial charge >= 0.3 is 12.3 Å². The van der Waals surface area contributed by atoms with Crippen molar-refractivity contribution < 1.29 is 27.5 Å². The van der Waals surface area contributed by atoms with Gasteiger partial charge in [-0.2, -0.15) is 13.2 Å². The van der Waals surface area contributed by atoms with Gasteiger partial charge in [-0.15, -0.1) is 0 Å². The van der Waals surface area contributed by atoms with Gasteiger partial charge in [0.1, 0.15) is 6.10 Å². The normalized spacial score (nSPS) is 18.6. The van der Waals surface area contributed by atoms with Crippen LogP contribution in [0.1, 0.15) is 12.0 Å². The molecular formula is C12H11F3N2O3. The van der Waals surface area contributed by atoms with Crippen LogP contribution in [0.3, 0.4) is 0 Å². The van der Waals surface area contributed by atoms with Crippen molar-refractivity contribution in [2.24, 2.45) is 0 Å². The standard InChI is InChI=1S/C12H11F3N2O3/c13-12(14,15)7-2-1-3-8(4-7)17-11(19)20-9-5-10(18)16-6-9/h1-4,9H,5-6H2,(H,16,18)(H,17,19). The quantitative estimate of drug-likeness (QED) is 0.876. The van der Waals surface area contributed by atoms with Crippen LogP contribution in [-0.2, 0) is 15.7 Å². The number of amides is 2. The summed E-state index contributed by atoms with van der Waals surface area (Å²) < 4.78 is 42.4. The second kappa shape index (κ2) is 5.40. The van der Waals surface area contributed by atoms with Crippen molar-refractivity contribution in [2.45, 2.75) is 18.7 Å². The van der Waals surface area contributed by atoms with E-state index in [-0.39, 0.29) is 24.6 Å². The smallest absolute Gasteiger partial charge is 0.416 e. The van der Waals surface area contributed by atoms with E-state index in [0.29, 0.717) is 0 Å². The topological polar surface area (TPSA) is 67.4 Å². The molecule has 1 aromatic carbocycles. The van der Waals surface area contributed by atoms with Crippen LogP contribution >= 0.6 is 0 Å². The molecule has 5 nitrogen and oxygen atoms in total. The highest BCUT2D eigenvalue weighted by atomic mass is 19.4. The Morgan fingerprint density at radius 3 is 2.75 bits per heavy atom. The van der Waals surface area contributed by atoms with Gasteiger partial charge in [0, 0.05) is 5.69 Å². The largest absolute Gasteiger partial charge is 0.444 e. The van der Waals surface area contributed by atoms with E-state index in [0.717, 1.165) is 12.1 Å². The number of hydrogen-bond acceptors (Lipinski definition) is 3. The molecule has 0 bridgehead atoms. The number of benzene rings is 1. The highest BCUT2D eigenvalue weighted by Crippen LogP contribution is 2.30. The number of alkyl halides is 3. The molecule has 108 valence electrons. The van der Waals surface area contributed by atoms with Crippen LogP contribution in [0, 0.1) is 0 Å². The summed E-state index contributed by atoms with van der Waals surface area (Å²) in [6, 6.07) is 4.20. The number of halogens is 3. The fraction of sp³-hybridized carbons (Fsp3) is 0.333. The van der Waals surface area contributed by atoms with Crippen molar-refractivity contribution in [3.8, 4) is 0 Å². The molecule has 1 atom stereocenters. The van der Waals surface area contributed by atoms with Crippen LogP contribution in [0.5, 0.6) is 0 Å². The number of rotatable bonds is 2. The first-order valence-electron chi connectivity index (χ1n) is 5.76. The Morgan fingerprint density at radius 2 is 2.15 bits per heavy atom. The zero-order valence-electron chi connectivity index (χ0n) is 10.2. The summed E-state index contributed by atoms with van der Waals surface area (Å²) in [5, 5.41) is 4.67. The summed E-state index contributed by atoms with van der Waals surface area (Å²) in [6.45, 7) is 0.203. The minimum absolute atomic E-state index is 0.0258. The molecular weight excluding hydrogens is 277 g/mol. The molecule has 0 aromatic heterocycles. The number of hydrogen-bond donors (Lipinski definition) is 2. The van der Waals surface area contributed by atoms with Gasteiger partial charge in [0.15, 0.2) is 0 Å². The molecule has 2 rings (SSSR count). The number of ether oxygens (including phenoxy) is 1. The average Bonchev–Trinajstić information content (AvgIpc) is 2.73. The van der Waals surface area contributed by atoms with Crippen LogP contribution in [0.2, 0.25) is 0 Å².